The molecule has 1 heterocycles. The second-order valence-corrected chi connectivity index (χ2v) is 3.87. The molecule has 0 fully saturated rings. The lowest BCUT2D eigenvalue weighted by Crippen LogP contribution is -1.93. The van der Waals surface area contributed by atoms with Crippen LogP contribution < -0.4 is 4.74 Å². The molecule has 0 aliphatic heterocycles. The first-order valence-electron chi connectivity index (χ1n) is 5.26. The highest BCUT2D eigenvalue weighted by Crippen LogP contribution is 2.32. The lowest BCUT2D eigenvalue weighted by molar-refractivity contribution is 0.416. The molecule has 0 aliphatic carbocycles. The molecule has 4 nitrogen and oxygen atoms in total. The summed E-state index contributed by atoms with van der Waals surface area (Å²) in [6, 6.07) is 6.03. The predicted octanol–water partition coefficient (Wildman–Crippen LogP) is 2.57. The van der Waals surface area contributed by atoms with Gasteiger partial charge in [0, 0.05) is 5.56 Å². The quantitative estimate of drug-likeness (QED) is 0.857. The Kier molecular flexibility index (Phi) is 2.84. The second-order valence-electron chi connectivity index (χ2n) is 3.87. The smallest absolute Gasteiger partial charge is 0.166 e. The lowest BCUT2D eigenvalue weighted by Gasteiger charge is -2.10. The molecule has 86 valence electrons. The molecule has 4 heteroatoms. The fraction of sp³-hybridized carbons (Fsp3) is 0.231. The normalized spacial score (nSPS) is 10.0. The second kappa shape index (κ2) is 4.30. The number of nitriles is 1. The molecule has 1 aromatic heterocycles. The van der Waals surface area contributed by atoms with Gasteiger partial charge < -0.3 is 9.72 Å². The van der Waals surface area contributed by atoms with Crippen LogP contribution in [0.3, 0.4) is 0 Å². The first-order valence-corrected chi connectivity index (χ1v) is 5.26. The van der Waals surface area contributed by atoms with Gasteiger partial charge in [-0.3, -0.25) is 0 Å². The number of imidazole rings is 1. The summed E-state index contributed by atoms with van der Waals surface area (Å²) in [5, 5.41) is 8.98. The van der Waals surface area contributed by atoms with Crippen molar-refractivity contribution in [3.05, 3.63) is 35.3 Å². The number of benzene rings is 1. The van der Waals surface area contributed by atoms with Crippen LogP contribution in [0.25, 0.3) is 11.3 Å². The molecule has 2 aromatic rings. The van der Waals surface area contributed by atoms with Gasteiger partial charge in [-0.1, -0.05) is 0 Å². The van der Waals surface area contributed by atoms with Gasteiger partial charge in [0.2, 0.25) is 0 Å². The van der Waals surface area contributed by atoms with Crippen LogP contribution in [0.5, 0.6) is 5.75 Å². The average molecular weight is 227 g/mol. The molecule has 1 N–H and O–H groups in total. The largest absolute Gasteiger partial charge is 0.496 e. The number of aromatic amines is 1. The lowest BCUT2D eigenvalue weighted by atomic mass is 10.0. The van der Waals surface area contributed by atoms with E-state index in [9.17, 15) is 0 Å². The van der Waals surface area contributed by atoms with Crippen molar-refractivity contribution in [3.8, 4) is 23.1 Å². The predicted molar refractivity (Wildman–Crippen MR) is 64.8 cm³/mol. The van der Waals surface area contributed by atoms with E-state index in [0.29, 0.717) is 11.4 Å². The Morgan fingerprint density at radius 2 is 2.00 bits per heavy atom. The summed E-state index contributed by atoms with van der Waals surface area (Å²) in [7, 11) is 1.62. The number of aromatic nitrogens is 2. The van der Waals surface area contributed by atoms with Gasteiger partial charge in [0.1, 0.15) is 11.8 Å². The third-order valence-corrected chi connectivity index (χ3v) is 2.83. The van der Waals surface area contributed by atoms with Crippen molar-refractivity contribution in [2.75, 3.05) is 7.11 Å². The van der Waals surface area contributed by atoms with E-state index in [0.717, 1.165) is 22.4 Å². The summed E-state index contributed by atoms with van der Waals surface area (Å²) in [6.07, 6.45) is 1.52. The first kappa shape index (κ1) is 11.2. The number of aryl methyl sites for hydroxylation is 2. The number of rotatable bonds is 2. The zero-order valence-electron chi connectivity index (χ0n) is 10.0. The number of ether oxygens (including phenoxy) is 1. The molecule has 0 unspecified atom stereocenters. The molecule has 0 amide bonds. The molecule has 0 radical (unpaired) electrons. The minimum absolute atomic E-state index is 0.381. The van der Waals surface area contributed by atoms with Crippen LogP contribution in [-0.4, -0.2) is 17.1 Å². The molecule has 1 aromatic carbocycles. The van der Waals surface area contributed by atoms with Gasteiger partial charge in [-0.25, -0.2) is 4.98 Å². The summed E-state index contributed by atoms with van der Waals surface area (Å²) in [5.41, 5.74) is 4.26. The van der Waals surface area contributed by atoms with Crippen LogP contribution in [-0.2, 0) is 0 Å². The van der Waals surface area contributed by atoms with Crippen LogP contribution in [0.4, 0.5) is 0 Å². The van der Waals surface area contributed by atoms with Crippen molar-refractivity contribution in [3.63, 3.8) is 0 Å². The summed E-state index contributed by atoms with van der Waals surface area (Å²) in [4.78, 5) is 6.95. The number of nitrogens with zero attached hydrogens (tertiary/aromatic N) is 2. The average Bonchev–Trinajstić information content (AvgIpc) is 2.80. The third kappa shape index (κ3) is 1.87. The van der Waals surface area contributed by atoms with Crippen molar-refractivity contribution in [1.82, 2.24) is 9.97 Å². The van der Waals surface area contributed by atoms with Crippen molar-refractivity contribution in [2.45, 2.75) is 13.8 Å². The molecule has 0 atom stereocenters. The van der Waals surface area contributed by atoms with Gasteiger partial charge >= 0.3 is 0 Å². The maximum atomic E-state index is 8.98. The zero-order chi connectivity index (χ0) is 12.4. The van der Waals surface area contributed by atoms with Crippen molar-refractivity contribution in [2.24, 2.45) is 0 Å². The summed E-state index contributed by atoms with van der Waals surface area (Å²) in [6.45, 7) is 4.06. The van der Waals surface area contributed by atoms with E-state index in [1.807, 2.05) is 26.0 Å². The van der Waals surface area contributed by atoms with Crippen LogP contribution in [0.1, 0.15) is 16.8 Å². The monoisotopic (exact) mass is 227 g/mol. The van der Waals surface area contributed by atoms with Gasteiger partial charge in [-0.15, -0.1) is 0 Å². The molecule has 2 rings (SSSR count). The Labute approximate surface area is 99.9 Å². The fourth-order valence-electron chi connectivity index (χ4n) is 1.74. The molecular weight excluding hydrogens is 214 g/mol. The topological polar surface area (TPSA) is 61.7 Å². The van der Waals surface area contributed by atoms with Crippen LogP contribution in [0.2, 0.25) is 0 Å². The van der Waals surface area contributed by atoms with E-state index in [2.05, 4.69) is 16.0 Å². The van der Waals surface area contributed by atoms with E-state index in [1.54, 1.807) is 7.11 Å². The molecule has 0 bridgehead atoms. The van der Waals surface area contributed by atoms with E-state index >= 15 is 0 Å². The van der Waals surface area contributed by atoms with Crippen molar-refractivity contribution >= 4 is 0 Å². The summed E-state index contributed by atoms with van der Waals surface area (Å²) in [5.74, 6) is 0.744. The van der Waals surface area contributed by atoms with Gasteiger partial charge in [-0.05, 0) is 37.1 Å². The maximum Gasteiger partial charge on any atom is 0.166 e. The zero-order valence-corrected chi connectivity index (χ0v) is 10.0. The minimum atomic E-state index is 0.381. The van der Waals surface area contributed by atoms with Gasteiger partial charge in [-0.2, -0.15) is 5.26 Å². The summed E-state index contributed by atoms with van der Waals surface area (Å²) >= 11 is 0. The van der Waals surface area contributed by atoms with Crippen molar-refractivity contribution in [1.29, 1.82) is 5.26 Å². The van der Waals surface area contributed by atoms with Crippen LogP contribution in [0.15, 0.2) is 18.5 Å². The van der Waals surface area contributed by atoms with Crippen LogP contribution >= 0.6 is 0 Å². The molecular formula is C13H13N3O. The molecule has 0 saturated carbocycles. The Hall–Kier alpha value is -2.28. The number of hydrogen-bond acceptors (Lipinski definition) is 3. The highest BCUT2D eigenvalue weighted by Gasteiger charge is 2.13. The highest BCUT2D eigenvalue weighted by atomic mass is 16.5. The fourth-order valence-corrected chi connectivity index (χ4v) is 1.74. The van der Waals surface area contributed by atoms with Gasteiger partial charge in [0.25, 0.3) is 0 Å². The van der Waals surface area contributed by atoms with Crippen molar-refractivity contribution < 1.29 is 4.74 Å². The van der Waals surface area contributed by atoms with E-state index in [-0.39, 0.29) is 0 Å². The molecule has 0 saturated heterocycles. The number of nitrogens with one attached hydrogen (secondary N) is 1. The number of methoxy groups -OCH3 is 1. The Morgan fingerprint density at radius 1 is 1.29 bits per heavy atom. The van der Waals surface area contributed by atoms with Crippen LogP contribution in [0, 0.1) is 25.2 Å². The molecule has 17 heavy (non-hydrogen) atoms. The standard InChI is InChI=1S/C13H13N3O/c1-8-4-10(12(17-3)5-9(8)2)13-11(6-14)15-7-16-13/h4-5,7H,1-3H3,(H,15,16). The molecule has 0 aliphatic rings. The third-order valence-electron chi connectivity index (χ3n) is 2.83. The maximum absolute atomic E-state index is 8.98. The van der Waals surface area contributed by atoms with E-state index < -0.39 is 0 Å². The Morgan fingerprint density at radius 3 is 2.65 bits per heavy atom. The minimum Gasteiger partial charge on any atom is -0.496 e. The first-order chi connectivity index (χ1) is 8.17. The highest BCUT2D eigenvalue weighted by molar-refractivity contribution is 5.72. The number of H-pyrrole nitrogens is 1. The Bertz CT molecular complexity index is 593. The molecule has 0 spiro atoms. The summed E-state index contributed by atoms with van der Waals surface area (Å²) < 4.78 is 5.35. The van der Waals surface area contributed by atoms with E-state index in [4.69, 9.17) is 10.00 Å². The number of hydrogen-bond donors (Lipinski definition) is 1. The van der Waals surface area contributed by atoms with Gasteiger partial charge in [0.05, 0.1) is 19.1 Å². The Balaban J connectivity index is 2.67. The van der Waals surface area contributed by atoms with Gasteiger partial charge in [0.15, 0.2) is 5.69 Å². The SMILES string of the molecule is COc1cc(C)c(C)cc1-c1[nH]cnc1C#N. The van der Waals surface area contributed by atoms with E-state index in [1.165, 1.54) is 6.33 Å².